The molecule has 3 nitrogen and oxygen atoms in total. The smallest absolute Gasteiger partial charge is 0.381 e. The molecule has 0 radical (unpaired) electrons. The van der Waals surface area contributed by atoms with E-state index in [2.05, 4.69) is 0 Å². The molecule has 1 rings (SSSR count). The average molecular weight is 255 g/mol. The van der Waals surface area contributed by atoms with Gasteiger partial charge in [-0.15, -0.1) is 0 Å². The second-order valence-electron chi connectivity index (χ2n) is 4.39. The molecule has 102 valence electrons. The van der Waals surface area contributed by atoms with E-state index in [0.717, 1.165) is 12.8 Å². The summed E-state index contributed by atoms with van der Waals surface area (Å²) in [5.74, 6) is 0. The first-order chi connectivity index (χ1) is 7.97. The first kappa shape index (κ1) is 14.7. The molecular weight excluding hydrogens is 235 g/mol. The minimum absolute atomic E-state index is 0.0144. The molecule has 0 saturated heterocycles. The van der Waals surface area contributed by atoms with E-state index >= 15 is 0 Å². The van der Waals surface area contributed by atoms with Crippen LogP contribution in [-0.2, 0) is 9.47 Å². The maximum absolute atomic E-state index is 12.6. The first-order valence-electron chi connectivity index (χ1n) is 5.92. The zero-order chi connectivity index (χ0) is 12.9. The molecule has 1 aliphatic carbocycles. The van der Waals surface area contributed by atoms with Crippen LogP contribution in [0, 0.1) is 0 Å². The quantitative estimate of drug-likeness (QED) is 0.819. The number of methoxy groups -OCH3 is 1. The summed E-state index contributed by atoms with van der Waals surface area (Å²) in [5, 5.41) is 0. The summed E-state index contributed by atoms with van der Waals surface area (Å²) in [7, 11) is 1.58. The Balaban J connectivity index is 2.48. The van der Waals surface area contributed by atoms with Crippen molar-refractivity contribution >= 4 is 0 Å². The molecule has 17 heavy (non-hydrogen) atoms. The van der Waals surface area contributed by atoms with Gasteiger partial charge in [0, 0.05) is 7.11 Å². The summed E-state index contributed by atoms with van der Waals surface area (Å²) in [4.78, 5) is 0. The highest BCUT2D eigenvalue weighted by atomic mass is 19.4. The van der Waals surface area contributed by atoms with E-state index < -0.39 is 12.3 Å². The topological polar surface area (TPSA) is 44.5 Å². The van der Waals surface area contributed by atoms with Gasteiger partial charge < -0.3 is 15.2 Å². The number of rotatable bonds is 5. The van der Waals surface area contributed by atoms with E-state index in [1.165, 1.54) is 0 Å². The molecule has 0 bridgehead atoms. The van der Waals surface area contributed by atoms with Crippen LogP contribution >= 0.6 is 0 Å². The van der Waals surface area contributed by atoms with Gasteiger partial charge >= 0.3 is 6.18 Å². The van der Waals surface area contributed by atoms with Crippen LogP contribution in [0.2, 0.25) is 0 Å². The third-order valence-electron chi connectivity index (χ3n) is 3.06. The Labute approximate surface area is 99.4 Å². The normalized spacial score (nSPS) is 28.1. The summed E-state index contributed by atoms with van der Waals surface area (Å²) in [6.45, 7) is -0.0232. The minimum atomic E-state index is -4.33. The van der Waals surface area contributed by atoms with Crippen molar-refractivity contribution in [1.29, 1.82) is 0 Å². The molecule has 1 saturated carbocycles. The van der Waals surface area contributed by atoms with Gasteiger partial charge in [0.25, 0.3) is 0 Å². The van der Waals surface area contributed by atoms with Gasteiger partial charge in [-0.2, -0.15) is 13.2 Å². The maximum Gasteiger partial charge on any atom is 0.414 e. The summed E-state index contributed by atoms with van der Waals surface area (Å²) < 4.78 is 48.2. The maximum atomic E-state index is 12.6. The SMILES string of the molecule is COC1CCCC(OC(CCN)C(F)(F)F)C1. The standard InChI is InChI=1S/C11H20F3NO2/c1-16-8-3-2-4-9(7-8)17-10(5-6-15)11(12,13)14/h8-10H,2-7,15H2,1H3. The molecule has 0 amide bonds. The highest BCUT2D eigenvalue weighted by Gasteiger charge is 2.41. The first-order valence-corrected chi connectivity index (χ1v) is 5.92. The Hall–Kier alpha value is -0.330. The zero-order valence-electron chi connectivity index (χ0n) is 10.0. The van der Waals surface area contributed by atoms with Crippen molar-refractivity contribution in [3.63, 3.8) is 0 Å². The van der Waals surface area contributed by atoms with Gasteiger partial charge in [-0.1, -0.05) is 0 Å². The fourth-order valence-electron chi connectivity index (χ4n) is 2.13. The lowest BCUT2D eigenvalue weighted by Gasteiger charge is -2.32. The van der Waals surface area contributed by atoms with E-state index in [1.54, 1.807) is 7.11 Å². The van der Waals surface area contributed by atoms with Gasteiger partial charge in [0.2, 0.25) is 0 Å². The van der Waals surface area contributed by atoms with Crippen LogP contribution in [0.5, 0.6) is 0 Å². The second-order valence-corrected chi connectivity index (χ2v) is 4.39. The van der Waals surface area contributed by atoms with Crippen molar-refractivity contribution in [1.82, 2.24) is 0 Å². The monoisotopic (exact) mass is 255 g/mol. The summed E-state index contributed by atoms with van der Waals surface area (Å²) in [6, 6.07) is 0. The Kier molecular flexibility index (Phi) is 5.69. The third-order valence-corrected chi connectivity index (χ3v) is 3.06. The van der Waals surface area contributed by atoms with Crippen LogP contribution < -0.4 is 5.73 Å². The number of ether oxygens (including phenoxy) is 2. The average Bonchev–Trinajstić information content (AvgIpc) is 2.27. The second kappa shape index (κ2) is 6.56. The minimum Gasteiger partial charge on any atom is -0.381 e. The number of halogens is 3. The highest BCUT2D eigenvalue weighted by Crippen LogP contribution is 2.30. The molecule has 1 fully saturated rings. The van der Waals surface area contributed by atoms with Gasteiger partial charge in [-0.25, -0.2) is 0 Å². The van der Waals surface area contributed by atoms with Crippen LogP contribution in [0.4, 0.5) is 13.2 Å². The van der Waals surface area contributed by atoms with Crippen molar-refractivity contribution in [2.45, 2.75) is 56.6 Å². The Bertz CT molecular complexity index is 223. The Morgan fingerprint density at radius 2 is 1.94 bits per heavy atom. The largest absolute Gasteiger partial charge is 0.414 e. The molecular formula is C11H20F3NO2. The predicted octanol–water partition coefficient (Wildman–Crippen LogP) is 2.24. The molecule has 0 heterocycles. The van der Waals surface area contributed by atoms with E-state index in [1.807, 2.05) is 0 Å². The van der Waals surface area contributed by atoms with Crippen LogP contribution in [0.1, 0.15) is 32.1 Å². The fourth-order valence-corrected chi connectivity index (χ4v) is 2.13. The van der Waals surface area contributed by atoms with Crippen molar-refractivity contribution in [3.8, 4) is 0 Å². The lowest BCUT2D eigenvalue weighted by atomic mass is 9.94. The van der Waals surface area contributed by atoms with E-state index in [0.29, 0.717) is 12.8 Å². The van der Waals surface area contributed by atoms with E-state index in [-0.39, 0.29) is 25.2 Å². The molecule has 0 aliphatic heterocycles. The molecule has 0 aromatic carbocycles. The highest BCUT2D eigenvalue weighted by molar-refractivity contribution is 4.77. The van der Waals surface area contributed by atoms with Crippen LogP contribution in [0.3, 0.4) is 0 Å². The van der Waals surface area contributed by atoms with Gasteiger partial charge in [-0.3, -0.25) is 0 Å². The third kappa shape index (κ3) is 4.81. The van der Waals surface area contributed by atoms with Gasteiger partial charge in [0.05, 0.1) is 12.2 Å². The molecule has 3 unspecified atom stereocenters. The molecule has 1 aliphatic rings. The van der Waals surface area contributed by atoms with Crippen LogP contribution in [-0.4, -0.2) is 38.1 Å². The van der Waals surface area contributed by atoms with Crippen LogP contribution in [0.25, 0.3) is 0 Å². The molecule has 3 atom stereocenters. The summed E-state index contributed by atoms with van der Waals surface area (Å²) >= 11 is 0. The van der Waals surface area contributed by atoms with Gasteiger partial charge in [-0.05, 0) is 38.6 Å². The van der Waals surface area contributed by atoms with Crippen molar-refractivity contribution in [2.75, 3.05) is 13.7 Å². The Morgan fingerprint density at radius 1 is 1.29 bits per heavy atom. The van der Waals surface area contributed by atoms with Crippen molar-refractivity contribution in [3.05, 3.63) is 0 Å². The zero-order valence-corrected chi connectivity index (χ0v) is 10.0. The predicted molar refractivity (Wildman–Crippen MR) is 57.7 cm³/mol. The van der Waals surface area contributed by atoms with Crippen LogP contribution in [0.15, 0.2) is 0 Å². The number of alkyl halides is 3. The fraction of sp³-hybridized carbons (Fsp3) is 1.00. The molecule has 0 aromatic heterocycles. The van der Waals surface area contributed by atoms with Crippen molar-refractivity contribution < 1.29 is 22.6 Å². The number of hydrogen-bond donors (Lipinski definition) is 1. The molecule has 2 N–H and O–H groups in total. The lowest BCUT2D eigenvalue weighted by molar-refractivity contribution is -0.239. The van der Waals surface area contributed by atoms with Crippen molar-refractivity contribution in [2.24, 2.45) is 5.73 Å². The Morgan fingerprint density at radius 3 is 2.47 bits per heavy atom. The number of hydrogen-bond acceptors (Lipinski definition) is 3. The van der Waals surface area contributed by atoms with Gasteiger partial charge in [0.1, 0.15) is 0 Å². The van der Waals surface area contributed by atoms with E-state index in [9.17, 15) is 13.2 Å². The summed E-state index contributed by atoms with van der Waals surface area (Å²) in [6.07, 6.45) is -3.68. The van der Waals surface area contributed by atoms with Gasteiger partial charge in [0.15, 0.2) is 6.10 Å². The molecule has 6 heteroatoms. The molecule has 0 aromatic rings. The number of nitrogens with two attached hydrogens (primary N) is 1. The summed E-state index contributed by atoms with van der Waals surface area (Å²) in [5.41, 5.74) is 5.18. The van der Waals surface area contributed by atoms with E-state index in [4.69, 9.17) is 15.2 Å². The molecule has 0 spiro atoms. The lowest BCUT2D eigenvalue weighted by Crippen LogP contribution is -2.39.